The molecule has 0 atom stereocenters. The molecule has 0 amide bonds. The number of pyridine rings is 1. The van der Waals surface area contributed by atoms with Gasteiger partial charge in [-0.1, -0.05) is 0 Å². The Morgan fingerprint density at radius 1 is 1.10 bits per heavy atom. The lowest BCUT2D eigenvalue weighted by Gasteiger charge is -2.00. The molecular formula is C5H7N3O2. The number of anilines is 2. The molecule has 0 radical (unpaired) electrons. The van der Waals surface area contributed by atoms with Crippen LogP contribution in [-0.2, 0) is 0 Å². The van der Waals surface area contributed by atoms with Gasteiger partial charge in [0.1, 0.15) is 0 Å². The van der Waals surface area contributed by atoms with E-state index >= 15 is 0 Å². The van der Waals surface area contributed by atoms with Crippen LogP contribution in [0.15, 0.2) is 6.07 Å². The Balaban J connectivity index is 3.28. The standard InChI is InChI=1S/C5H7N3O2/c6-4-2(9)1-3(10)5(7)8-4/h1,9-10H,(H4,6,7,8). The van der Waals surface area contributed by atoms with Crippen LogP contribution in [0.2, 0.25) is 0 Å². The van der Waals surface area contributed by atoms with Crippen molar-refractivity contribution in [2.45, 2.75) is 0 Å². The number of nitrogens with two attached hydrogens (primary N) is 2. The molecule has 1 aromatic rings. The van der Waals surface area contributed by atoms with E-state index in [4.69, 9.17) is 21.7 Å². The lowest BCUT2D eigenvalue weighted by atomic mass is 10.4. The number of aromatic hydroxyl groups is 2. The first kappa shape index (κ1) is 6.47. The van der Waals surface area contributed by atoms with Gasteiger partial charge in [-0.15, -0.1) is 0 Å². The van der Waals surface area contributed by atoms with Gasteiger partial charge in [-0.3, -0.25) is 0 Å². The molecule has 0 fully saturated rings. The summed E-state index contributed by atoms with van der Waals surface area (Å²) in [6.45, 7) is 0. The third-order valence-corrected chi connectivity index (χ3v) is 1.04. The van der Waals surface area contributed by atoms with E-state index in [2.05, 4.69) is 4.98 Å². The molecule has 0 saturated heterocycles. The molecular weight excluding hydrogens is 134 g/mol. The van der Waals surface area contributed by atoms with Crippen LogP contribution in [0, 0.1) is 0 Å². The molecule has 10 heavy (non-hydrogen) atoms. The Morgan fingerprint density at radius 3 is 1.80 bits per heavy atom. The van der Waals surface area contributed by atoms with Crippen molar-refractivity contribution < 1.29 is 10.2 Å². The van der Waals surface area contributed by atoms with Crippen molar-refractivity contribution in [3.8, 4) is 11.5 Å². The Labute approximate surface area is 56.9 Å². The van der Waals surface area contributed by atoms with Gasteiger partial charge in [0.05, 0.1) is 0 Å². The second-order valence-corrected chi connectivity index (χ2v) is 1.80. The summed E-state index contributed by atoms with van der Waals surface area (Å²) < 4.78 is 0. The van der Waals surface area contributed by atoms with Crippen molar-refractivity contribution in [1.82, 2.24) is 4.98 Å². The van der Waals surface area contributed by atoms with Crippen LogP contribution in [0.1, 0.15) is 0 Å². The van der Waals surface area contributed by atoms with E-state index in [1.54, 1.807) is 0 Å². The van der Waals surface area contributed by atoms with Crippen LogP contribution in [0.25, 0.3) is 0 Å². The molecule has 0 aliphatic heterocycles. The molecule has 5 heteroatoms. The van der Waals surface area contributed by atoms with Gasteiger partial charge in [0.2, 0.25) is 0 Å². The topological polar surface area (TPSA) is 105 Å². The molecule has 1 heterocycles. The zero-order valence-electron chi connectivity index (χ0n) is 5.07. The van der Waals surface area contributed by atoms with Crippen molar-refractivity contribution in [3.05, 3.63) is 6.07 Å². The molecule has 0 saturated carbocycles. The minimum atomic E-state index is -0.272. The molecule has 1 rings (SSSR count). The monoisotopic (exact) mass is 141 g/mol. The molecule has 54 valence electrons. The maximum atomic E-state index is 8.82. The van der Waals surface area contributed by atoms with Crippen LogP contribution in [0.4, 0.5) is 11.6 Å². The van der Waals surface area contributed by atoms with E-state index in [0.29, 0.717) is 0 Å². The Bertz CT molecular complexity index is 211. The first-order valence-electron chi connectivity index (χ1n) is 2.55. The normalized spacial score (nSPS) is 9.60. The largest absolute Gasteiger partial charge is 0.504 e. The van der Waals surface area contributed by atoms with E-state index in [0.717, 1.165) is 6.07 Å². The minimum absolute atomic E-state index is 0.0877. The number of aromatic nitrogens is 1. The van der Waals surface area contributed by atoms with E-state index in [-0.39, 0.29) is 23.1 Å². The highest BCUT2D eigenvalue weighted by atomic mass is 16.3. The third kappa shape index (κ3) is 0.883. The van der Waals surface area contributed by atoms with Crippen molar-refractivity contribution in [3.63, 3.8) is 0 Å². The Hall–Kier alpha value is -1.65. The summed E-state index contributed by atoms with van der Waals surface area (Å²) in [4.78, 5) is 3.43. The zero-order valence-corrected chi connectivity index (χ0v) is 5.07. The molecule has 1 aromatic heterocycles. The smallest absolute Gasteiger partial charge is 0.168 e. The highest BCUT2D eigenvalue weighted by Gasteiger charge is 2.03. The highest BCUT2D eigenvalue weighted by molar-refractivity contribution is 5.57. The van der Waals surface area contributed by atoms with E-state index in [1.165, 1.54) is 0 Å². The van der Waals surface area contributed by atoms with Crippen molar-refractivity contribution in [1.29, 1.82) is 0 Å². The number of nitrogen functional groups attached to an aromatic ring is 2. The Morgan fingerprint density at radius 2 is 1.50 bits per heavy atom. The van der Waals surface area contributed by atoms with Gasteiger partial charge < -0.3 is 21.7 Å². The molecule has 0 bridgehead atoms. The van der Waals surface area contributed by atoms with Crippen molar-refractivity contribution in [2.75, 3.05) is 11.5 Å². The number of hydrogen-bond donors (Lipinski definition) is 4. The molecule has 0 unspecified atom stereocenters. The second kappa shape index (κ2) is 1.94. The fraction of sp³-hybridized carbons (Fsp3) is 0. The summed E-state index contributed by atoms with van der Waals surface area (Å²) >= 11 is 0. The van der Waals surface area contributed by atoms with Crippen molar-refractivity contribution >= 4 is 11.6 Å². The summed E-state index contributed by atoms with van der Waals surface area (Å²) in [5.41, 5.74) is 10.3. The Kier molecular flexibility index (Phi) is 1.26. The lowest BCUT2D eigenvalue weighted by molar-refractivity contribution is 0.450. The van der Waals surface area contributed by atoms with Crippen LogP contribution in [-0.4, -0.2) is 15.2 Å². The molecule has 0 aliphatic rings. The molecule has 6 N–H and O–H groups in total. The highest BCUT2D eigenvalue weighted by Crippen LogP contribution is 2.26. The van der Waals surface area contributed by atoms with Crippen LogP contribution < -0.4 is 11.5 Å². The first-order chi connectivity index (χ1) is 4.61. The number of nitrogens with zero attached hydrogens (tertiary/aromatic N) is 1. The molecule has 0 aromatic carbocycles. The summed E-state index contributed by atoms with van der Waals surface area (Å²) in [6.07, 6.45) is 0. The van der Waals surface area contributed by atoms with E-state index in [9.17, 15) is 0 Å². The molecule has 0 spiro atoms. The quantitative estimate of drug-likeness (QED) is 0.395. The van der Waals surface area contributed by atoms with Gasteiger partial charge in [0.15, 0.2) is 23.1 Å². The molecule has 0 aliphatic carbocycles. The van der Waals surface area contributed by atoms with Crippen molar-refractivity contribution in [2.24, 2.45) is 0 Å². The number of hydrogen-bond acceptors (Lipinski definition) is 5. The fourth-order valence-corrected chi connectivity index (χ4v) is 0.522. The maximum absolute atomic E-state index is 8.82. The fourth-order valence-electron chi connectivity index (χ4n) is 0.522. The van der Waals surface area contributed by atoms with Gasteiger partial charge in [0.25, 0.3) is 0 Å². The predicted octanol–water partition coefficient (Wildman–Crippen LogP) is -0.343. The average Bonchev–Trinajstić information content (AvgIpc) is 1.84. The van der Waals surface area contributed by atoms with E-state index < -0.39 is 0 Å². The zero-order chi connectivity index (χ0) is 7.72. The third-order valence-electron chi connectivity index (χ3n) is 1.04. The van der Waals surface area contributed by atoms with Gasteiger partial charge in [-0.25, -0.2) is 4.98 Å². The first-order valence-corrected chi connectivity index (χ1v) is 2.55. The van der Waals surface area contributed by atoms with Crippen LogP contribution in [0.3, 0.4) is 0 Å². The maximum Gasteiger partial charge on any atom is 0.168 e. The van der Waals surface area contributed by atoms with Crippen LogP contribution in [0.5, 0.6) is 11.5 Å². The lowest BCUT2D eigenvalue weighted by Crippen LogP contribution is -1.96. The summed E-state index contributed by atoms with van der Waals surface area (Å²) in [5.74, 6) is -0.719. The van der Waals surface area contributed by atoms with Gasteiger partial charge in [0, 0.05) is 6.07 Å². The van der Waals surface area contributed by atoms with Gasteiger partial charge in [-0.05, 0) is 0 Å². The molecule has 5 nitrogen and oxygen atoms in total. The summed E-state index contributed by atoms with van der Waals surface area (Å²) in [6, 6.07) is 1.04. The second-order valence-electron chi connectivity index (χ2n) is 1.80. The number of rotatable bonds is 0. The van der Waals surface area contributed by atoms with E-state index in [1.807, 2.05) is 0 Å². The SMILES string of the molecule is Nc1nc(N)c(O)cc1O. The summed E-state index contributed by atoms with van der Waals surface area (Å²) in [5, 5.41) is 17.6. The minimum Gasteiger partial charge on any atom is -0.504 e. The average molecular weight is 141 g/mol. The van der Waals surface area contributed by atoms with Gasteiger partial charge >= 0.3 is 0 Å². The van der Waals surface area contributed by atoms with Gasteiger partial charge in [-0.2, -0.15) is 0 Å². The predicted molar refractivity (Wildman–Crippen MR) is 36.4 cm³/mol. The van der Waals surface area contributed by atoms with Crippen LogP contribution >= 0.6 is 0 Å². The summed E-state index contributed by atoms with van der Waals surface area (Å²) in [7, 11) is 0.